The molecule has 1 aromatic heterocycles. The summed E-state index contributed by atoms with van der Waals surface area (Å²) in [6.45, 7) is 4.48. The van der Waals surface area contributed by atoms with Gasteiger partial charge in [0.1, 0.15) is 21.7 Å². The van der Waals surface area contributed by atoms with Crippen molar-refractivity contribution in [3.05, 3.63) is 16.9 Å². The van der Waals surface area contributed by atoms with E-state index in [1.807, 2.05) is 16.7 Å². The van der Waals surface area contributed by atoms with Crippen molar-refractivity contribution in [1.82, 2.24) is 4.57 Å². The maximum Gasteiger partial charge on any atom is 0.251 e. The molecular formula is C20H26N2O3S. The molecule has 140 valence electrons. The topological polar surface area (TPSA) is 52.8 Å². The molecule has 2 rings (SSSR count). The quantitative estimate of drug-likeness (QED) is 0.656. The van der Waals surface area contributed by atoms with Gasteiger partial charge in [0.05, 0.1) is 20.8 Å². The van der Waals surface area contributed by atoms with Gasteiger partial charge in [-0.05, 0) is 25.0 Å². The molecular weight excluding hydrogens is 348 g/mol. The first-order valence-electron chi connectivity index (χ1n) is 8.87. The maximum atomic E-state index is 12.7. The van der Waals surface area contributed by atoms with Crippen molar-refractivity contribution in [2.75, 3.05) is 14.2 Å². The second kappa shape index (κ2) is 9.44. The lowest BCUT2D eigenvalue weighted by atomic mass is 9.98. The summed E-state index contributed by atoms with van der Waals surface area (Å²) in [5.74, 6) is 3.92. The van der Waals surface area contributed by atoms with Crippen LogP contribution >= 0.6 is 11.3 Å². The van der Waals surface area contributed by atoms with Gasteiger partial charge in [0.2, 0.25) is 0 Å². The summed E-state index contributed by atoms with van der Waals surface area (Å²) in [4.78, 5) is 17.8. The molecule has 2 aromatic rings. The summed E-state index contributed by atoms with van der Waals surface area (Å²) in [5, 5.41) is 0. The highest BCUT2D eigenvalue weighted by atomic mass is 32.1. The van der Waals surface area contributed by atoms with Crippen LogP contribution in [-0.4, -0.2) is 24.7 Å². The van der Waals surface area contributed by atoms with E-state index in [9.17, 15) is 4.79 Å². The number of hydrogen-bond donors (Lipinski definition) is 0. The molecule has 0 unspecified atom stereocenters. The molecule has 0 saturated heterocycles. The Kier molecular flexibility index (Phi) is 7.28. The third-order valence-corrected chi connectivity index (χ3v) is 5.36. The van der Waals surface area contributed by atoms with Crippen molar-refractivity contribution in [2.45, 2.75) is 46.1 Å². The van der Waals surface area contributed by atoms with Gasteiger partial charge < -0.3 is 14.0 Å². The van der Waals surface area contributed by atoms with Gasteiger partial charge in [-0.2, -0.15) is 4.99 Å². The van der Waals surface area contributed by atoms with E-state index < -0.39 is 0 Å². The fourth-order valence-electron chi connectivity index (χ4n) is 3.05. The fourth-order valence-corrected chi connectivity index (χ4v) is 4.19. The summed E-state index contributed by atoms with van der Waals surface area (Å²) in [6, 6.07) is 3.68. The van der Waals surface area contributed by atoms with Crippen LogP contribution < -0.4 is 14.3 Å². The van der Waals surface area contributed by atoms with E-state index in [-0.39, 0.29) is 11.8 Å². The highest BCUT2D eigenvalue weighted by Crippen LogP contribution is 2.35. The van der Waals surface area contributed by atoms with Gasteiger partial charge in [-0.25, -0.2) is 0 Å². The van der Waals surface area contributed by atoms with Crippen LogP contribution in [0.25, 0.3) is 10.2 Å². The number of nitrogens with zero attached hydrogens (tertiary/aromatic N) is 2. The number of rotatable bonds is 8. The SMILES string of the molecule is C#CCn1c(=NC(=O)C(CCC)CCC)sc2c(OC)ccc(OC)c21. The Morgan fingerprint density at radius 3 is 2.38 bits per heavy atom. The Bertz CT molecular complexity index is 868. The maximum absolute atomic E-state index is 12.7. The molecule has 0 saturated carbocycles. The van der Waals surface area contributed by atoms with Crippen molar-refractivity contribution < 1.29 is 14.3 Å². The number of benzene rings is 1. The van der Waals surface area contributed by atoms with Crippen molar-refractivity contribution in [1.29, 1.82) is 0 Å². The molecule has 0 radical (unpaired) electrons. The number of ether oxygens (including phenoxy) is 2. The van der Waals surface area contributed by atoms with E-state index in [2.05, 4.69) is 24.8 Å². The molecule has 0 spiro atoms. The highest BCUT2D eigenvalue weighted by molar-refractivity contribution is 7.16. The first-order valence-corrected chi connectivity index (χ1v) is 9.69. The van der Waals surface area contributed by atoms with Gasteiger partial charge in [0, 0.05) is 5.92 Å². The summed E-state index contributed by atoms with van der Waals surface area (Å²) in [5.41, 5.74) is 0.809. The predicted molar refractivity (Wildman–Crippen MR) is 106 cm³/mol. The summed E-state index contributed by atoms with van der Waals surface area (Å²) in [7, 11) is 3.23. The number of carbonyl (C=O) groups excluding carboxylic acids is 1. The lowest BCUT2D eigenvalue weighted by Crippen LogP contribution is -2.20. The van der Waals surface area contributed by atoms with Crippen molar-refractivity contribution in [3.63, 3.8) is 0 Å². The van der Waals surface area contributed by atoms with Gasteiger partial charge in [-0.3, -0.25) is 4.79 Å². The second-order valence-corrected chi connectivity index (χ2v) is 7.02. The summed E-state index contributed by atoms with van der Waals surface area (Å²) >= 11 is 1.40. The lowest BCUT2D eigenvalue weighted by Gasteiger charge is -2.10. The Morgan fingerprint density at radius 1 is 1.23 bits per heavy atom. The first kappa shape index (κ1) is 20.1. The van der Waals surface area contributed by atoms with Gasteiger partial charge in [0.25, 0.3) is 5.91 Å². The van der Waals surface area contributed by atoms with E-state index in [4.69, 9.17) is 15.9 Å². The number of aromatic nitrogens is 1. The predicted octanol–water partition coefficient (Wildman–Crippen LogP) is 4.00. The number of hydrogen-bond acceptors (Lipinski definition) is 4. The van der Waals surface area contributed by atoms with Crippen LogP contribution in [0.15, 0.2) is 17.1 Å². The van der Waals surface area contributed by atoms with Gasteiger partial charge in [0.15, 0.2) is 4.80 Å². The smallest absolute Gasteiger partial charge is 0.251 e. The van der Waals surface area contributed by atoms with E-state index in [0.717, 1.165) is 35.9 Å². The summed E-state index contributed by atoms with van der Waals surface area (Å²) in [6.07, 6.45) is 9.19. The fraction of sp³-hybridized carbons (Fsp3) is 0.500. The largest absolute Gasteiger partial charge is 0.495 e. The zero-order valence-electron chi connectivity index (χ0n) is 15.9. The molecule has 0 aliphatic heterocycles. The summed E-state index contributed by atoms with van der Waals surface area (Å²) < 4.78 is 13.7. The molecule has 5 nitrogen and oxygen atoms in total. The van der Waals surface area contributed by atoms with Crippen molar-refractivity contribution >= 4 is 27.5 Å². The molecule has 1 aromatic carbocycles. The Hall–Kier alpha value is -2.26. The van der Waals surface area contributed by atoms with E-state index in [0.29, 0.717) is 22.8 Å². The first-order chi connectivity index (χ1) is 12.6. The van der Waals surface area contributed by atoms with Crippen LogP contribution in [0, 0.1) is 18.3 Å². The normalized spacial score (nSPS) is 11.8. The Labute approximate surface area is 158 Å². The molecule has 0 aliphatic carbocycles. The highest BCUT2D eigenvalue weighted by Gasteiger charge is 2.19. The van der Waals surface area contributed by atoms with Crippen molar-refractivity contribution in [3.8, 4) is 23.8 Å². The lowest BCUT2D eigenvalue weighted by molar-refractivity contribution is -0.122. The molecule has 1 amide bonds. The Balaban J connectivity index is 2.67. The second-order valence-electron chi connectivity index (χ2n) is 6.05. The van der Waals surface area contributed by atoms with E-state index in [1.54, 1.807) is 14.2 Å². The number of fused-ring (bicyclic) bond motifs is 1. The molecule has 0 atom stereocenters. The van der Waals surface area contributed by atoms with Gasteiger partial charge >= 0.3 is 0 Å². The number of thiazole rings is 1. The Morgan fingerprint density at radius 2 is 1.85 bits per heavy atom. The van der Waals surface area contributed by atoms with Crippen LogP contribution in [0.5, 0.6) is 11.5 Å². The molecule has 0 fully saturated rings. The number of carbonyl (C=O) groups is 1. The van der Waals surface area contributed by atoms with E-state index >= 15 is 0 Å². The van der Waals surface area contributed by atoms with Gasteiger partial charge in [-0.1, -0.05) is 43.9 Å². The standard InChI is InChI=1S/C20H26N2O3S/c1-6-9-14(10-7-2)19(23)21-20-22(13-8-3)17-15(24-4)11-12-16(25-5)18(17)26-20/h3,11-12,14H,6-7,9-10,13H2,1-2,4-5H3. The minimum Gasteiger partial charge on any atom is -0.495 e. The van der Waals surface area contributed by atoms with Crippen LogP contribution in [0.3, 0.4) is 0 Å². The number of amides is 1. The third kappa shape index (κ3) is 4.10. The minimum atomic E-state index is -0.0797. The zero-order valence-corrected chi connectivity index (χ0v) is 16.7. The van der Waals surface area contributed by atoms with Crippen LogP contribution in [-0.2, 0) is 11.3 Å². The molecule has 1 heterocycles. The number of methoxy groups -OCH3 is 2. The minimum absolute atomic E-state index is 0.0433. The van der Waals surface area contributed by atoms with E-state index in [1.165, 1.54) is 11.3 Å². The monoisotopic (exact) mass is 374 g/mol. The van der Waals surface area contributed by atoms with Crippen LogP contribution in [0.1, 0.15) is 39.5 Å². The molecule has 6 heteroatoms. The third-order valence-electron chi connectivity index (χ3n) is 4.27. The number of terminal acetylenes is 1. The average Bonchev–Trinajstić information content (AvgIpc) is 2.99. The van der Waals surface area contributed by atoms with Gasteiger partial charge in [-0.15, -0.1) is 6.42 Å². The van der Waals surface area contributed by atoms with Crippen molar-refractivity contribution in [2.24, 2.45) is 10.9 Å². The van der Waals surface area contributed by atoms with Crippen LogP contribution in [0.4, 0.5) is 0 Å². The molecule has 0 aliphatic rings. The van der Waals surface area contributed by atoms with Crippen LogP contribution in [0.2, 0.25) is 0 Å². The molecule has 0 bridgehead atoms. The molecule has 0 N–H and O–H groups in total. The average molecular weight is 375 g/mol. The molecule has 26 heavy (non-hydrogen) atoms. The zero-order chi connectivity index (χ0) is 19.1.